The van der Waals surface area contributed by atoms with Gasteiger partial charge in [-0.25, -0.2) is 9.78 Å². The first-order chi connectivity index (χ1) is 13.7. The van der Waals surface area contributed by atoms with E-state index in [1.54, 1.807) is 19.2 Å². The van der Waals surface area contributed by atoms with Gasteiger partial charge in [0.15, 0.2) is 0 Å². The van der Waals surface area contributed by atoms with E-state index in [9.17, 15) is 18.0 Å². The number of esters is 1. The molecule has 0 radical (unpaired) electrons. The number of ether oxygens (including phenoxy) is 1. The summed E-state index contributed by atoms with van der Waals surface area (Å²) >= 11 is 1.29. The molecule has 0 bridgehead atoms. The first kappa shape index (κ1) is 21.0. The summed E-state index contributed by atoms with van der Waals surface area (Å²) < 4.78 is 46.0. The molecule has 0 aliphatic carbocycles. The van der Waals surface area contributed by atoms with Gasteiger partial charge in [0.2, 0.25) is 0 Å². The van der Waals surface area contributed by atoms with E-state index < -0.39 is 17.7 Å². The zero-order chi connectivity index (χ0) is 21.2. The number of hydrogen-bond acceptors (Lipinski definition) is 6. The molecule has 0 amide bonds. The van der Waals surface area contributed by atoms with Crippen molar-refractivity contribution in [1.29, 1.82) is 0 Å². The molecule has 0 saturated carbocycles. The predicted octanol–water partition coefficient (Wildman–Crippen LogP) is 4.02. The molecule has 0 saturated heterocycles. The normalized spacial score (nSPS) is 11.7. The Balaban J connectivity index is 1.88. The maximum absolute atomic E-state index is 13.2. The van der Waals surface area contributed by atoms with E-state index in [1.165, 1.54) is 22.2 Å². The molecule has 3 aromatic rings. The Labute approximate surface area is 169 Å². The smallest absolute Gasteiger partial charge is 0.416 e. The van der Waals surface area contributed by atoms with Crippen LogP contribution in [0.25, 0.3) is 10.6 Å². The number of nitrogens with two attached hydrogens (primary N) is 1. The van der Waals surface area contributed by atoms with Crippen molar-refractivity contribution in [3.05, 3.63) is 57.9 Å². The Morgan fingerprint density at radius 1 is 1.31 bits per heavy atom. The fourth-order valence-electron chi connectivity index (χ4n) is 2.72. The van der Waals surface area contributed by atoms with Crippen LogP contribution in [-0.4, -0.2) is 27.3 Å². The number of alkyl halides is 3. The molecule has 0 unspecified atom stereocenters. The van der Waals surface area contributed by atoms with Crippen LogP contribution in [0.4, 0.5) is 13.2 Å². The highest BCUT2D eigenvalue weighted by Crippen LogP contribution is 2.35. The summed E-state index contributed by atoms with van der Waals surface area (Å²) in [7, 11) is 0. The number of benzene rings is 1. The minimum Gasteiger partial charge on any atom is -0.462 e. The third kappa shape index (κ3) is 4.83. The number of hydrogen-bond donors (Lipinski definition) is 1. The van der Waals surface area contributed by atoms with Gasteiger partial charge in [0.05, 0.1) is 36.2 Å². The van der Waals surface area contributed by atoms with Gasteiger partial charge in [0.25, 0.3) is 0 Å². The van der Waals surface area contributed by atoms with Gasteiger partial charge in [-0.1, -0.05) is 0 Å². The molecule has 2 aromatic heterocycles. The number of halogens is 3. The van der Waals surface area contributed by atoms with Gasteiger partial charge in [-0.2, -0.15) is 18.3 Å². The topological polar surface area (TPSA) is 83.0 Å². The Morgan fingerprint density at radius 3 is 2.72 bits per heavy atom. The van der Waals surface area contributed by atoms with Crippen molar-refractivity contribution in [2.24, 2.45) is 5.73 Å². The zero-order valence-electron chi connectivity index (χ0n) is 15.8. The summed E-state index contributed by atoms with van der Waals surface area (Å²) in [5, 5.41) is 4.60. The monoisotopic (exact) mass is 424 g/mol. The van der Waals surface area contributed by atoms with Gasteiger partial charge >= 0.3 is 12.1 Å². The van der Waals surface area contributed by atoms with Gasteiger partial charge in [-0.15, -0.1) is 11.3 Å². The molecule has 6 nitrogen and oxygen atoms in total. The first-order valence-corrected chi connectivity index (χ1v) is 9.60. The Hall–Kier alpha value is -2.72. The molecular formula is C19H19F3N4O2S. The van der Waals surface area contributed by atoms with Crippen molar-refractivity contribution in [2.75, 3.05) is 6.61 Å². The summed E-state index contributed by atoms with van der Waals surface area (Å²) in [6, 6.07) is 3.74. The van der Waals surface area contributed by atoms with Crippen LogP contribution < -0.4 is 5.73 Å². The molecular weight excluding hydrogens is 405 g/mol. The number of aromatic nitrogens is 3. The highest BCUT2D eigenvalue weighted by molar-refractivity contribution is 7.15. The molecule has 1 aromatic carbocycles. The van der Waals surface area contributed by atoms with Gasteiger partial charge in [-0.3, -0.25) is 4.68 Å². The van der Waals surface area contributed by atoms with Crippen molar-refractivity contribution in [1.82, 2.24) is 14.8 Å². The zero-order valence-corrected chi connectivity index (χ0v) is 16.6. The van der Waals surface area contributed by atoms with E-state index in [0.717, 1.165) is 17.0 Å². The maximum Gasteiger partial charge on any atom is 0.416 e. The third-order valence-electron chi connectivity index (χ3n) is 4.15. The van der Waals surface area contributed by atoms with Crippen LogP contribution in [0.3, 0.4) is 0 Å². The number of aryl methyl sites for hydroxylation is 1. The van der Waals surface area contributed by atoms with E-state index in [0.29, 0.717) is 27.4 Å². The maximum atomic E-state index is 13.2. The van der Waals surface area contributed by atoms with Crippen LogP contribution >= 0.6 is 11.3 Å². The van der Waals surface area contributed by atoms with E-state index in [4.69, 9.17) is 10.5 Å². The number of rotatable bonds is 6. The lowest BCUT2D eigenvalue weighted by atomic mass is 10.1. The van der Waals surface area contributed by atoms with Crippen molar-refractivity contribution in [3.63, 3.8) is 0 Å². The molecule has 0 aliphatic rings. The fraction of sp³-hybridized carbons (Fsp3) is 0.316. The highest BCUT2D eigenvalue weighted by atomic mass is 32.1. The Morgan fingerprint density at radius 2 is 2.07 bits per heavy atom. The average Bonchev–Trinajstić information content (AvgIpc) is 3.28. The number of thiazole rings is 1. The molecule has 10 heteroatoms. The minimum absolute atomic E-state index is 0.00193. The van der Waals surface area contributed by atoms with E-state index in [2.05, 4.69) is 10.1 Å². The summed E-state index contributed by atoms with van der Waals surface area (Å²) in [6.07, 6.45) is -1.51. The molecule has 0 aliphatic heterocycles. The van der Waals surface area contributed by atoms with Crippen LogP contribution in [0.1, 0.15) is 39.0 Å². The molecule has 0 spiro atoms. The Bertz CT molecular complexity index is 1030. The predicted molar refractivity (Wildman–Crippen MR) is 102 cm³/mol. The Kier molecular flexibility index (Phi) is 6.04. The van der Waals surface area contributed by atoms with Crippen molar-refractivity contribution < 1.29 is 22.7 Å². The largest absolute Gasteiger partial charge is 0.462 e. The van der Waals surface area contributed by atoms with Gasteiger partial charge in [0, 0.05) is 23.2 Å². The van der Waals surface area contributed by atoms with Crippen molar-refractivity contribution >= 4 is 17.3 Å². The quantitative estimate of drug-likeness (QED) is 0.605. The second kappa shape index (κ2) is 8.34. The number of carbonyl (C=O) groups excluding carboxylic acids is 1. The summed E-state index contributed by atoms with van der Waals surface area (Å²) in [4.78, 5) is 17.1. The number of carbonyl (C=O) groups is 1. The molecule has 154 valence electrons. The molecule has 0 fully saturated rings. The molecule has 0 atom stereocenters. The molecule has 2 heterocycles. The first-order valence-electron chi connectivity index (χ1n) is 8.78. The van der Waals surface area contributed by atoms with Gasteiger partial charge in [0.1, 0.15) is 5.01 Å². The van der Waals surface area contributed by atoms with Crippen molar-refractivity contribution in [3.8, 4) is 10.6 Å². The second-order valence-corrected chi connectivity index (χ2v) is 7.49. The second-order valence-electron chi connectivity index (χ2n) is 6.29. The van der Waals surface area contributed by atoms with E-state index >= 15 is 0 Å². The number of nitrogens with zero attached hydrogens (tertiary/aromatic N) is 3. The lowest BCUT2D eigenvalue weighted by Crippen LogP contribution is -2.07. The van der Waals surface area contributed by atoms with Gasteiger partial charge in [-0.05, 0) is 37.6 Å². The summed E-state index contributed by atoms with van der Waals surface area (Å²) in [5.41, 5.74) is 6.55. The standard InChI is InChI=1S/C19H19F3N4O2S/c1-3-28-18(27)14-8-24-26(9-14)10-16-11(2)29-17(25-16)13-4-12(7-23)5-15(6-13)19(20,21)22/h4-6,8-9H,3,7,10,23H2,1-2H3. The van der Waals surface area contributed by atoms with Gasteiger partial charge < -0.3 is 10.5 Å². The fourth-order valence-corrected chi connectivity index (χ4v) is 3.63. The third-order valence-corrected chi connectivity index (χ3v) is 5.21. The highest BCUT2D eigenvalue weighted by Gasteiger charge is 2.31. The lowest BCUT2D eigenvalue weighted by molar-refractivity contribution is -0.137. The lowest BCUT2D eigenvalue weighted by Gasteiger charge is -2.10. The van der Waals surface area contributed by atoms with Crippen LogP contribution in [0.5, 0.6) is 0 Å². The molecule has 29 heavy (non-hydrogen) atoms. The van der Waals surface area contributed by atoms with E-state index in [-0.39, 0.29) is 19.7 Å². The average molecular weight is 424 g/mol. The van der Waals surface area contributed by atoms with Crippen LogP contribution in [0.2, 0.25) is 0 Å². The van der Waals surface area contributed by atoms with Crippen LogP contribution in [0, 0.1) is 6.92 Å². The van der Waals surface area contributed by atoms with Crippen LogP contribution in [0.15, 0.2) is 30.6 Å². The van der Waals surface area contributed by atoms with Crippen molar-refractivity contribution in [2.45, 2.75) is 33.1 Å². The molecule has 2 N–H and O–H groups in total. The summed E-state index contributed by atoms with van der Waals surface area (Å²) in [6.45, 7) is 4.10. The minimum atomic E-state index is -4.46. The van der Waals surface area contributed by atoms with Crippen LogP contribution in [-0.2, 0) is 24.0 Å². The van der Waals surface area contributed by atoms with E-state index in [1.807, 2.05) is 6.92 Å². The molecule has 3 rings (SSSR count). The summed E-state index contributed by atoms with van der Waals surface area (Å²) in [5.74, 6) is -0.465. The SMILES string of the molecule is CCOC(=O)c1cnn(Cc2nc(-c3cc(CN)cc(C(F)(F)F)c3)sc2C)c1.